The van der Waals surface area contributed by atoms with Gasteiger partial charge in [0.15, 0.2) is 0 Å². The Morgan fingerprint density at radius 1 is 1.53 bits per heavy atom. The molecule has 102 valence electrons. The van der Waals surface area contributed by atoms with Crippen molar-refractivity contribution in [2.45, 2.75) is 19.4 Å². The summed E-state index contributed by atoms with van der Waals surface area (Å²) in [5.41, 5.74) is 1.33. The molecule has 0 radical (unpaired) electrons. The molecule has 1 fully saturated rings. The Balaban J connectivity index is 1.68. The molecule has 0 spiro atoms. The number of urea groups is 1. The van der Waals surface area contributed by atoms with Gasteiger partial charge in [-0.15, -0.1) is 11.3 Å². The fourth-order valence-corrected chi connectivity index (χ4v) is 3.71. The minimum absolute atomic E-state index is 0.0967. The highest BCUT2D eigenvalue weighted by molar-refractivity contribution is 7.10. The Hall–Kier alpha value is -1.40. The highest BCUT2D eigenvalue weighted by Gasteiger charge is 2.31. The first-order chi connectivity index (χ1) is 9.16. The highest BCUT2D eigenvalue weighted by atomic mass is 32.1. The van der Waals surface area contributed by atoms with Crippen LogP contribution in [0.1, 0.15) is 23.4 Å². The van der Waals surface area contributed by atoms with Crippen LogP contribution in [0.15, 0.2) is 11.4 Å². The van der Waals surface area contributed by atoms with Gasteiger partial charge in [0.25, 0.3) is 0 Å². The molecule has 0 saturated carbocycles. The third-order valence-electron chi connectivity index (χ3n) is 3.90. The van der Waals surface area contributed by atoms with E-state index in [4.69, 9.17) is 0 Å². The predicted molar refractivity (Wildman–Crippen MR) is 73.1 cm³/mol. The first-order valence-electron chi connectivity index (χ1n) is 6.55. The molecule has 0 aliphatic carbocycles. The van der Waals surface area contributed by atoms with Gasteiger partial charge >= 0.3 is 6.03 Å². The van der Waals surface area contributed by atoms with Gasteiger partial charge in [0, 0.05) is 30.6 Å². The molecule has 1 N–H and O–H groups in total. The Labute approximate surface area is 116 Å². The van der Waals surface area contributed by atoms with Gasteiger partial charge in [0.05, 0.1) is 6.54 Å². The SMILES string of the molecule is C[C@@H]1c2ccsc2CCN1CC(=O)N1CCNC1=O. The number of hydrogen-bond donors (Lipinski definition) is 1. The molecular formula is C13H17N3O2S. The lowest BCUT2D eigenvalue weighted by Crippen LogP contribution is -2.44. The molecule has 0 aromatic carbocycles. The topological polar surface area (TPSA) is 52.7 Å². The second kappa shape index (κ2) is 4.94. The van der Waals surface area contributed by atoms with Crippen molar-refractivity contribution in [3.05, 3.63) is 21.9 Å². The Morgan fingerprint density at radius 2 is 2.37 bits per heavy atom. The van der Waals surface area contributed by atoms with Gasteiger partial charge < -0.3 is 5.32 Å². The van der Waals surface area contributed by atoms with Crippen LogP contribution in [0.25, 0.3) is 0 Å². The molecule has 1 aromatic rings. The van der Waals surface area contributed by atoms with E-state index >= 15 is 0 Å². The van der Waals surface area contributed by atoms with Crippen molar-refractivity contribution >= 4 is 23.3 Å². The van der Waals surface area contributed by atoms with Crippen molar-refractivity contribution in [3.8, 4) is 0 Å². The Bertz CT molecular complexity index is 514. The normalized spacial score (nSPS) is 23.3. The molecule has 6 heteroatoms. The molecule has 5 nitrogen and oxygen atoms in total. The van der Waals surface area contributed by atoms with E-state index in [1.165, 1.54) is 15.3 Å². The van der Waals surface area contributed by atoms with E-state index in [9.17, 15) is 9.59 Å². The van der Waals surface area contributed by atoms with Crippen LogP contribution in [0.3, 0.4) is 0 Å². The number of fused-ring (bicyclic) bond motifs is 1. The summed E-state index contributed by atoms with van der Waals surface area (Å²) in [5, 5.41) is 4.77. The van der Waals surface area contributed by atoms with Crippen LogP contribution >= 0.6 is 11.3 Å². The second-order valence-corrected chi connectivity index (χ2v) is 5.97. The number of carbonyl (C=O) groups excluding carboxylic acids is 2. The van der Waals surface area contributed by atoms with Gasteiger partial charge in [-0.2, -0.15) is 0 Å². The predicted octanol–water partition coefficient (Wildman–Crippen LogP) is 1.22. The quantitative estimate of drug-likeness (QED) is 0.885. The Morgan fingerprint density at radius 3 is 3.11 bits per heavy atom. The summed E-state index contributed by atoms with van der Waals surface area (Å²) in [5.74, 6) is -0.0967. The van der Waals surface area contributed by atoms with Crippen molar-refractivity contribution in [2.75, 3.05) is 26.2 Å². The number of thiophene rings is 1. The fraction of sp³-hybridized carbons (Fsp3) is 0.538. The number of rotatable bonds is 2. The maximum absolute atomic E-state index is 12.1. The van der Waals surface area contributed by atoms with E-state index in [-0.39, 0.29) is 18.0 Å². The summed E-state index contributed by atoms with van der Waals surface area (Å²) in [6.07, 6.45) is 0.997. The van der Waals surface area contributed by atoms with Gasteiger partial charge in [0.2, 0.25) is 5.91 Å². The first kappa shape index (κ1) is 12.6. The maximum Gasteiger partial charge on any atom is 0.324 e. The van der Waals surface area contributed by atoms with E-state index in [1.807, 2.05) is 0 Å². The third kappa shape index (κ3) is 2.26. The largest absolute Gasteiger partial charge is 0.336 e. The van der Waals surface area contributed by atoms with E-state index in [1.54, 1.807) is 11.3 Å². The molecule has 2 aliphatic heterocycles. The second-order valence-electron chi connectivity index (χ2n) is 4.97. The molecule has 1 atom stereocenters. The molecule has 1 saturated heterocycles. The summed E-state index contributed by atoms with van der Waals surface area (Å²) in [6.45, 7) is 4.39. The zero-order valence-corrected chi connectivity index (χ0v) is 11.7. The standard InChI is InChI=1S/C13H17N3O2S/c1-9-10-3-7-19-11(10)2-5-15(9)8-12(17)16-6-4-14-13(16)18/h3,7,9H,2,4-6,8H2,1H3,(H,14,18)/t9-/m1/s1. The van der Waals surface area contributed by atoms with Crippen molar-refractivity contribution in [3.63, 3.8) is 0 Å². The number of imide groups is 1. The number of nitrogens with one attached hydrogen (secondary N) is 1. The molecule has 0 bridgehead atoms. The molecule has 3 amide bonds. The molecule has 2 aliphatic rings. The number of amides is 3. The highest BCUT2D eigenvalue weighted by Crippen LogP contribution is 2.32. The number of carbonyl (C=O) groups is 2. The molecule has 19 heavy (non-hydrogen) atoms. The van der Waals surface area contributed by atoms with Gasteiger partial charge in [-0.05, 0) is 30.4 Å². The summed E-state index contributed by atoms with van der Waals surface area (Å²) in [7, 11) is 0. The average Bonchev–Trinajstić information content (AvgIpc) is 3.01. The van der Waals surface area contributed by atoms with E-state index < -0.39 is 0 Å². The number of nitrogens with zero attached hydrogens (tertiary/aromatic N) is 2. The van der Waals surface area contributed by atoms with Crippen LogP contribution in [0.4, 0.5) is 4.79 Å². The van der Waals surface area contributed by atoms with Crippen LogP contribution in [0, 0.1) is 0 Å². The van der Waals surface area contributed by atoms with E-state index in [0.717, 1.165) is 13.0 Å². The lowest BCUT2D eigenvalue weighted by Gasteiger charge is -2.33. The first-order valence-corrected chi connectivity index (χ1v) is 7.43. The van der Waals surface area contributed by atoms with Crippen molar-refractivity contribution < 1.29 is 9.59 Å². The van der Waals surface area contributed by atoms with Crippen molar-refractivity contribution in [1.82, 2.24) is 15.1 Å². The zero-order chi connectivity index (χ0) is 13.4. The van der Waals surface area contributed by atoms with Crippen LogP contribution in [-0.2, 0) is 11.2 Å². The van der Waals surface area contributed by atoms with Gasteiger partial charge in [-0.1, -0.05) is 0 Å². The third-order valence-corrected chi connectivity index (χ3v) is 4.90. The van der Waals surface area contributed by atoms with Gasteiger partial charge in [-0.3, -0.25) is 14.6 Å². The molecule has 3 heterocycles. The molecular weight excluding hydrogens is 262 g/mol. The number of hydrogen-bond acceptors (Lipinski definition) is 4. The summed E-state index contributed by atoms with van der Waals surface area (Å²) < 4.78 is 0. The minimum atomic E-state index is -0.258. The Kier molecular flexibility index (Phi) is 3.28. The van der Waals surface area contributed by atoms with E-state index in [0.29, 0.717) is 19.6 Å². The van der Waals surface area contributed by atoms with Crippen LogP contribution in [-0.4, -0.2) is 47.9 Å². The lowest BCUT2D eigenvalue weighted by molar-refractivity contribution is -0.129. The van der Waals surface area contributed by atoms with Crippen molar-refractivity contribution in [2.24, 2.45) is 0 Å². The van der Waals surface area contributed by atoms with Crippen molar-refractivity contribution in [1.29, 1.82) is 0 Å². The molecule has 1 aromatic heterocycles. The molecule has 3 rings (SSSR count). The monoisotopic (exact) mass is 279 g/mol. The van der Waals surface area contributed by atoms with Crippen LogP contribution < -0.4 is 5.32 Å². The van der Waals surface area contributed by atoms with Gasteiger partial charge in [-0.25, -0.2) is 4.79 Å². The molecule has 0 unspecified atom stereocenters. The minimum Gasteiger partial charge on any atom is -0.336 e. The maximum atomic E-state index is 12.1. The fourth-order valence-electron chi connectivity index (χ4n) is 2.75. The smallest absolute Gasteiger partial charge is 0.324 e. The summed E-state index contributed by atoms with van der Waals surface area (Å²) in [6, 6.07) is 2.14. The average molecular weight is 279 g/mol. The van der Waals surface area contributed by atoms with Gasteiger partial charge in [0.1, 0.15) is 0 Å². The summed E-state index contributed by atoms with van der Waals surface area (Å²) in [4.78, 5) is 28.5. The van der Waals surface area contributed by atoms with Crippen LogP contribution in [0.5, 0.6) is 0 Å². The lowest BCUT2D eigenvalue weighted by atomic mass is 10.0. The van der Waals surface area contributed by atoms with E-state index in [2.05, 4.69) is 28.6 Å². The van der Waals surface area contributed by atoms with Crippen LogP contribution in [0.2, 0.25) is 0 Å². The zero-order valence-electron chi connectivity index (χ0n) is 10.9. The summed E-state index contributed by atoms with van der Waals surface area (Å²) >= 11 is 1.79.